The first-order valence-electron chi connectivity index (χ1n) is 12.7. The van der Waals surface area contributed by atoms with E-state index >= 15 is 0 Å². The molecule has 4 unspecified atom stereocenters. The van der Waals surface area contributed by atoms with Gasteiger partial charge in [0.2, 0.25) is 11.8 Å². The number of benzene rings is 1. The molecule has 2 aromatic rings. The molecule has 0 radical (unpaired) electrons. The Balaban J connectivity index is 1.48. The Morgan fingerprint density at radius 3 is 2.76 bits per heavy atom. The van der Waals surface area contributed by atoms with Crippen LogP contribution in [0.25, 0.3) is 0 Å². The van der Waals surface area contributed by atoms with Gasteiger partial charge in [-0.15, -0.1) is 11.8 Å². The molecule has 1 aliphatic carbocycles. The topological polar surface area (TPSA) is 140 Å². The number of hydrogen-bond acceptors (Lipinski definition) is 8. The summed E-state index contributed by atoms with van der Waals surface area (Å²) < 4.78 is -0.538. The Hall–Kier alpha value is -2.83. The van der Waals surface area contributed by atoms with Crippen molar-refractivity contribution in [2.45, 2.75) is 73.7 Å². The molecule has 1 saturated heterocycles. The van der Waals surface area contributed by atoms with Crippen LogP contribution in [-0.4, -0.2) is 83.5 Å². The summed E-state index contributed by atoms with van der Waals surface area (Å²) in [5.74, 6) is -0.854. The van der Waals surface area contributed by atoms with Crippen LogP contribution < -0.4 is 10.6 Å². The van der Waals surface area contributed by atoms with Crippen LogP contribution in [0, 0.1) is 0 Å². The lowest BCUT2D eigenvalue weighted by Gasteiger charge is -2.34. The van der Waals surface area contributed by atoms with Gasteiger partial charge in [0.15, 0.2) is 11.3 Å². The number of aromatic nitrogens is 3. The quantitative estimate of drug-likeness (QED) is 0.256. The normalized spacial score (nSPS) is 22.0. The first-order chi connectivity index (χ1) is 18.2. The highest BCUT2D eigenvalue weighted by Gasteiger charge is 2.50. The molecule has 2 heterocycles. The van der Waals surface area contributed by atoms with E-state index in [4.69, 9.17) is 0 Å². The zero-order valence-electron chi connectivity index (χ0n) is 21.5. The van der Waals surface area contributed by atoms with Crippen molar-refractivity contribution >= 4 is 41.2 Å². The number of allylic oxidation sites excluding steroid dienone is 1. The summed E-state index contributed by atoms with van der Waals surface area (Å²) >= 11 is 2.67. The van der Waals surface area contributed by atoms with Gasteiger partial charge in [-0.3, -0.25) is 19.5 Å². The molecule has 2 aliphatic rings. The zero-order chi connectivity index (χ0) is 27.1. The van der Waals surface area contributed by atoms with Gasteiger partial charge in [0.05, 0.1) is 17.7 Å². The lowest BCUT2D eigenvalue weighted by atomic mass is 9.96. The molecular weight excluding hydrogens is 524 g/mol. The smallest absolute Gasteiger partial charge is 0.254 e. The first kappa shape index (κ1) is 28.2. The average Bonchev–Trinajstić information content (AvgIpc) is 3.54. The van der Waals surface area contributed by atoms with Gasteiger partial charge in [-0.25, -0.2) is 4.98 Å². The fourth-order valence-corrected chi connectivity index (χ4v) is 6.44. The van der Waals surface area contributed by atoms with Gasteiger partial charge in [0.1, 0.15) is 12.4 Å². The first-order valence-corrected chi connectivity index (χ1v) is 14.6. The van der Waals surface area contributed by atoms with Gasteiger partial charge in [0.25, 0.3) is 5.91 Å². The van der Waals surface area contributed by atoms with Crippen LogP contribution in [0.5, 0.6) is 0 Å². The number of rotatable bonds is 10. The molecule has 4 atom stereocenters. The van der Waals surface area contributed by atoms with Gasteiger partial charge >= 0.3 is 0 Å². The maximum atomic E-state index is 13.7. The average molecular weight is 559 g/mol. The van der Waals surface area contributed by atoms with Gasteiger partial charge in [-0.2, -0.15) is 5.10 Å². The Morgan fingerprint density at radius 2 is 2.08 bits per heavy atom. The molecule has 3 amide bonds. The molecule has 0 saturated carbocycles. The number of aliphatic hydroxyl groups is 1. The van der Waals surface area contributed by atoms with Crippen molar-refractivity contribution in [3.8, 4) is 0 Å². The highest BCUT2D eigenvalue weighted by atomic mass is 32.2. The van der Waals surface area contributed by atoms with E-state index < -0.39 is 28.8 Å². The van der Waals surface area contributed by atoms with Gasteiger partial charge < -0.3 is 20.6 Å². The lowest BCUT2D eigenvalue weighted by Crippen LogP contribution is -2.59. The number of nitrogens with one attached hydrogen (secondary N) is 3. The number of aromatic amines is 1. The number of carbonyl (C=O) groups excluding carboxylic acids is 3. The van der Waals surface area contributed by atoms with E-state index in [-0.39, 0.29) is 35.9 Å². The summed E-state index contributed by atoms with van der Waals surface area (Å²) in [6.45, 7) is 3.87. The molecule has 38 heavy (non-hydrogen) atoms. The maximum absolute atomic E-state index is 13.7. The van der Waals surface area contributed by atoms with Crippen molar-refractivity contribution in [1.29, 1.82) is 0 Å². The number of H-pyrrole nitrogens is 1. The van der Waals surface area contributed by atoms with Crippen LogP contribution in [0.15, 0.2) is 54.0 Å². The molecule has 4 N–H and O–H groups in total. The van der Waals surface area contributed by atoms with Crippen LogP contribution in [0.4, 0.5) is 0 Å². The summed E-state index contributed by atoms with van der Waals surface area (Å²) in [5, 5.41) is 24.1. The number of aliphatic hydroxyl groups excluding tert-OH is 1. The van der Waals surface area contributed by atoms with Crippen LogP contribution in [0.3, 0.4) is 0 Å². The minimum atomic E-state index is -1.53. The van der Waals surface area contributed by atoms with E-state index in [1.807, 2.05) is 50.3 Å². The molecule has 204 valence electrons. The highest BCUT2D eigenvalue weighted by Crippen LogP contribution is 2.40. The van der Waals surface area contributed by atoms with Crippen molar-refractivity contribution in [2.24, 2.45) is 0 Å². The number of nitrogens with zero attached hydrogens (tertiary/aromatic N) is 3. The van der Waals surface area contributed by atoms with Gasteiger partial charge in [0, 0.05) is 10.8 Å². The molecule has 10 nitrogen and oxygen atoms in total. The molecule has 4 rings (SSSR count). The fourth-order valence-electron chi connectivity index (χ4n) is 4.70. The predicted molar refractivity (Wildman–Crippen MR) is 147 cm³/mol. The molecule has 0 bridgehead atoms. The summed E-state index contributed by atoms with van der Waals surface area (Å²) in [4.78, 5) is 45.3. The van der Waals surface area contributed by atoms with Crippen LogP contribution in [-0.2, 0) is 20.8 Å². The fraction of sp³-hybridized carbons (Fsp3) is 0.500. The van der Waals surface area contributed by atoms with E-state index in [1.165, 1.54) is 34.8 Å². The van der Waals surface area contributed by atoms with Crippen molar-refractivity contribution in [3.63, 3.8) is 0 Å². The van der Waals surface area contributed by atoms with Crippen molar-refractivity contribution in [1.82, 2.24) is 30.7 Å². The van der Waals surface area contributed by atoms with Crippen molar-refractivity contribution in [3.05, 3.63) is 54.4 Å². The third-order valence-electron chi connectivity index (χ3n) is 6.67. The summed E-state index contributed by atoms with van der Waals surface area (Å²) in [6, 6.07) is 7.66. The number of hydrogen-bond donors (Lipinski definition) is 4. The molecule has 1 aromatic carbocycles. The second kappa shape index (κ2) is 12.8. The lowest BCUT2D eigenvalue weighted by molar-refractivity contribution is -0.147. The maximum Gasteiger partial charge on any atom is 0.254 e. The number of amides is 3. The minimum absolute atomic E-state index is 0.0356. The molecule has 0 spiro atoms. The zero-order valence-corrected chi connectivity index (χ0v) is 23.1. The Morgan fingerprint density at radius 1 is 1.29 bits per heavy atom. The van der Waals surface area contributed by atoms with Crippen LogP contribution >= 0.6 is 23.5 Å². The van der Waals surface area contributed by atoms with E-state index in [0.717, 1.165) is 24.8 Å². The second-order valence-electron chi connectivity index (χ2n) is 9.95. The summed E-state index contributed by atoms with van der Waals surface area (Å²) in [5.41, 5.74) is 0.863. The van der Waals surface area contributed by atoms with Crippen molar-refractivity contribution in [2.75, 3.05) is 11.6 Å². The minimum Gasteiger partial charge on any atom is -0.381 e. The SMILES string of the molecule is CC1(C)SCN(C(=O)C(O)C(Cc2ccccc2)NC(=O)CSc2ncn[nH]2)C1C(=O)NC1C=CCCC1. The number of thioether (sulfide) groups is 2. The largest absolute Gasteiger partial charge is 0.381 e. The van der Waals surface area contributed by atoms with Gasteiger partial charge in [-0.05, 0) is 45.1 Å². The summed E-state index contributed by atoms with van der Waals surface area (Å²) in [7, 11) is 0. The molecule has 12 heteroatoms. The second-order valence-corrected chi connectivity index (χ2v) is 12.5. The highest BCUT2D eigenvalue weighted by molar-refractivity contribution is 8.01. The van der Waals surface area contributed by atoms with E-state index in [9.17, 15) is 19.5 Å². The summed E-state index contributed by atoms with van der Waals surface area (Å²) in [6.07, 6.45) is 6.99. The Bertz CT molecular complexity index is 1130. The third kappa shape index (κ3) is 7.17. The predicted octanol–water partition coefficient (Wildman–Crippen LogP) is 1.89. The monoisotopic (exact) mass is 558 g/mol. The van der Waals surface area contributed by atoms with Crippen molar-refractivity contribution < 1.29 is 19.5 Å². The molecule has 1 aliphatic heterocycles. The van der Waals surface area contributed by atoms with Gasteiger partial charge in [-0.1, -0.05) is 54.2 Å². The molecule has 1 aromatic heterocycles. The Kier molecular flexibility index (Phi) is 9.50. The number of carbonyl (C=O) groups is 3. The van der Waals surface area contributed by atoms with Crippen LogP contribution in [0.1, 0.15) is 38.7 Å². The van der Waals surface area contributed by atoms with E-state index in [0.29, 0.717) is 5.16 Å². The van der Waals surface area contributed by atoms with E-state index in [1.54, 1.807) is 0 Å². The Labute approximate surface area is 230 Å². The molecular formula is C26H34N6O4S2. The standard InChI is InChI=1S/C26H34N6O4S2/c1-26(2)22(23(35)29-18-11-7-4-8-12-18)32(16-38-26)24(36)21(34)19(13-17-9-5-3-6-10-17)30-20(33)14-37-25-27-15-28-31-25/h3,5-7,9-11,15,18-19,21-22,34H,4,8,12-14,16H2,1-2H3,(H,29,35)(H,30,33)(H,27,28,31). The third-order valence-corrected chi connectivity index (χ3v) is 8.92. The molecule has 1 fully saturated rings. The van der Waals surface area contributed by atoms with Crippen LogP contribution in [0.2, 0.25) is 0 Å². The van der Waals surface area contributed by atoms with E-state index in [2.05, 4.69) is 31.9 Å².